The molecule has 0 aliphatic heterocycles. The van der Waals surface area contributed by atoms with Gasteiger partial charge in [-0.1, -0.05) is 116 Å². The third-order valence-corrected chi connectivity index (χ3v) is 7.19. The SMILES string of the molecule is CC(C)c1ccccc1-n1c(=O)cc(-c2ccccc2)sc1=NC(=O)c1ccc(-c2ccccc2)cc1. The Balaban J connectivity index is 1.66. The fourth-order valence-electron chi connectivity index (χ4n) is 4.25. The molecule has 1 heterocycles. The highest BCUT2D eigenvalue weighted by Gasteiger charge is 2.15. The molecule has 0 bridgehead atoms. The first-order valence-electron chi connectivity index (χ1n) is 12.2. The lowest BCUT2D eigenvalue weighted by atomic mass is 10.0. The van der Waals surface area contributed by atoms with Crippen molar-refractivity contribution in [2.45, 2.75) is 19.8 Å². The molecule has 0 aliphatic carbocycles. The minimum absolute atomic E-state index is 0.191. The van der Waals surface area contributed by atoms with Crippen LogP contribution in [-0.2, 0) is 0 Å². The number of para-hydroxylation sites is 1. The van der Waals surface area contributed by atoms with Crippen LogP contribution >= 0.6 is 11.3 Å². The average Bonchev–Trinajstić information content (AvgIpc) is 2.94. The summed E-state index contributed by atoms with van der Waals surface area (Å²) >= 11 is 1.33. The quantitative estimate of drug-likeness (QED) is 0.257. The fourth-order valence-corrected chi connectivity index (χ4v) is 5.27. The number of hydrogen-bond acceptors (Lipinski definition) is 3. The second-order valence-electron chi connectivity index (χ2n) is 9.01. The summed E-state index contributed by atoms with van der Waals surface area (Å²) in [6.07, 6.45) is 0. The lowest BCUT2D eigenvalue weighted by Crippen LogP contribution is -2.31. The fraction of sp³-hybridized carbons (Fsp3) is 0.0938. The topological polar surface area (TPSA) is 51.4 Å². The van der Waals surface area contributed by atoms with Crippen LogP contribution in [0.25, 0.3) is 27.3 Å². The number of carbonyl (C=O) groups excluding carboxylic acids is 1. The first kappa shape index (κ1) is 24.3. The van der Waals surface area contributed by atoms with Gasteiger partial charge in [-0.15, -0.1) is 0 Å². The third kappa shape index (κ3) is 5.27. The van der Waals surface area contributed by atoms with E-state index in [1.54, 1.807) is 22.8 Å². The van der Waals surface area contributed by atoms with Crippen molar-refractivity contribution in [1.29, 1.82) is 0 Å². The molecule has 4 aromatic carbocycles. The number of nitrogens with zero attached hydrogens (tertiary/aromatic N) is 2. The molecule has 0 saturated carbocycles. The van der Waals surface area contributed by atoms with E-state index >= 15 is 0 Å². The van der Waals surface area contributed by atoms with Crippen molar-refractivity contribution in [2.24, 2.45) is 4.99 Å². The minimum Gasteiger partial charge on any atom is -0.269 e. The molecule has 0 N–H and O–H groups in total. The molecule has 0 aliphatic rings. The first-order chi connectivity index (χ1) is 18.0. The van der Waals surface area contributed by atoms with Crippen LogP contribution in [0.5, 0.6) is 0 Å². The average molecular weight is 503 g/mol. The van der Waals surface area contributed by atoms with E-state index in [2.05, 4.69) is 18.8 Å². The number of hydrogen-bond donors (Lipinski definition) is 0. The van der Waals surface area contributed by atoms with Crippen LogP contribution in [-0.4, -0.2) is 10.5 Å². The Kier molecular flexibility index (Phi) is 7.06. The van der Waals surface area contributed by atoms with Gasteiger partial charge in [-0.05, 0) is 46.4 Å². The van der Waals surface area contributed by atoms with E-state index in [1.807, 2.05) is 97.1 Å². The van der Waals surface area contributed by atoms with Crippen molar-refractivity contribution in [2.75, 3.05) is 0 Å². The van der Waals surface area contributed by atoms with Crippen LogP contribution in [0.4, 0.5) is 0 Å². The Bertz CT molecular complexity index is 1670. The van der Waals surface area contributed by atoms with Gasteiger partial charge in [-0.25, -0.2) is 0 Å². The Morgan fingerprint density at radius 3 is 1.95 bits per heavy atom. The molecule has 0 fully saturated rings. The van der Waals surface area contributed by atoms with E-state index < -0.39 is 5.91 Å². The summed E-state index contributed by atoms with van der Waals surface area (Å²) in [5, 5.41) is 0. The maximum absolute atomic E-state index is 13.5. The summed E-state index contributed by atoms with van der Waals surface area (Å²) in [5.41, 5.74) is 5.00. The number of rotatable bonds is 5. The normalized spacial score (nSPS) is 11.6. The highest BCUT2D eigenvalue weighted by Crippen LogP contribution is 2.24. The third-order valence-electron chi connectivity index (χ3n) is 6.16. The Labute approximate surface area is 219 Å². The molecule has 4 nitrogen and oxygen atoms in total. The molecule has 5 heteroatoms. The molecule has 0 saturated heterocycles. The predicted molar refractivity (Wildman–Crippen MR) is 151 cm³/mol. The van der Waals surface area contributed by atoms with E-state index in [9.17, 15) is 9.59 Å². The molecule has 5 aromatic rings. The lowest BCUT2D eigenvalue weighted by molar-refractivity contribution is 0.0998. The van der Waals surface area contributed by atoms with Crippen LogP contribution in [0, 0.1) is 0 Å². The summed E-state index contributed by atoms with van der Waals surface area (Å²) < 4.78 is 1.56. The molecule has 0 atom stereocenters. The molecular formula is C32H26N2O2S. The number of amides is 1. The molecular weight excluding hydrogens is 476 g/mol. The van der Waals surface area contributed by atoms with Gasteiger partial charge >= 0.3 is 0 Å². The molecule has 0 radical (unpaired) electrons. The van der Waals surface area contributed by atoms with E-state index in [0.29, 0.717) is 10.4 Å². The van der Waals surface area contributed by atoms with Crippen molar-refractivity contribution in [3.05, 3.63) is 142 Å². The van der Waals surface area contributed by atoms with Gasteiger partial charge in [0.15, 0.2) is 0 Å². The van der Waals surface area contributed by atoms with Gasteiger partial charge in [0.1, 0.15) is 0 Å². The zero-order valence-corrected chi connectivity index (χ0v) is 21.5. The van der Waals surface area contributed by atoms with E-state index in [4.69, 9.17) is 0 Å². The van der Waals surface area contributed by atoms with Gasteiger partial charge in [0.2, 0.25) is 4.80 Å². The van der Waals surface area contributed by atoms with Crippen LogP contribution in [0.1, 0.15) is 35.7 Å². The summed E-state index contributed by atoms with van der Waals surface area (Å²) in [7, 11) is 0. The van der Waals surface area contributed by atoms with Crippen molar-refractivity contribution >= 4 is 17.2 Å². The van der Waals surface area contributed by atoms with Crippen LogP contribution in [0.15, 0.2) is 125 Å². The molecule has 0 spiro atoms. The Hall–Kier alpha value is -4.35. The Morgan fingerprint density at radius 1 is 0.730 bits per heavy atom. The zero-order valence-electron chi connectivity index (χ0n) is 20.7. The summed E-state index contributed by atoms with van der Waals surface area (Å²) in [5.74, 6) is -0.202. The number of carbonyl (C=O) groups is 1. The second-order valence-corrected chi connectivity index (χ2v) is 10.0. The smallest absolute Gasteiger partial charge is 0.269 e. The maximum Gasteiger partial charge on any atom is 0.279 e. The second kappa shape index (κ2) is 10.7. The maximum atomic E-state index is 13.5. The molecule has 182 valence electrons. The summed E-state index contributed by atoms with van der Waals surface area (Å²) in [6, 6.07) is 36.5. The Morgan fingerprint density at radius 2 is 1.30 bits per heavy atom. The lowest BCUT2D eigenvalue weighted by Gasteiger charge is -2.15. The van der Waals surface area contributed by atoms with Crippen molar-refractivity contribution in [1.82, 2.24) is 4.57 Å². The van der Waals surface area contributed by atoms with Crippen molar-refractivity contribution in [3.63, 3.8) is 0 Å². The number of benzene rings is 4. The zero-order chi connectivity index (χ0) is 25.8. The van der Waals surface area contributed by atoms with Gasteiger partial charge in [0, 0.05) is 16.5 Å². The monoisotopic (exact) mass is 502 g/mol. The van der Waals surface area contributed by atoms with E-state index in [-0.39, 0.29) is 11.5 Å². The van der Waals surface area contributed by atoms with Crippen molar-refractivity contribution in [3.8, 4) is 27.3 Å². The van der Waals surface area contributed by atoms with Gasteiger partial charge < -0.3 is 0 Å². The molecule has 5 rings (SSSR count). The van der Waals surface area contributed by atoms with Gasteiger partial charge in [0.05, 0.1) is 5.69 Å². The van der Waals surface area contributed by atoms with Crippen LogP contribution in [0.2, 0.25) is 0 Å². The highest BCUT2D eigenvalue weighted by atomic mass is 32.1. The highest BCUT2D eigenvalue weighted by molar-refractivity contribution is 7.12. The minimum atomic E-state index is -0.392. The van der Waals surface area contributed by atoms with Gasteiger partial charge in [-0.3, -0.25) is 14.2 Å². The largest absolute Gasteiger partial charge is 0.279 e. The number of aromatic nitrogens is 1. The van der Waals surface area contributed by atoms with Gasteiger partial charge in [0.25, 0.3) is 11.5 Å². The molecule has 1 aromatic heterocycles. The first-order valence-corrected chi connectivity index (χ1v) is 13.0. The van der Waals surface area contributed by atoms with Gasteiger partial charge in [-0.2, -0.15) is 4.99 Å². The van der Waals surface area contributed by atoms with E-state index in [0.717, 1.165) is 32.8 Å². The van der Waals surface area contributed by atoms with Crippen LogP contribution in [0.3, 0.4) is 0 Å². The predicted octanol–water partition coefficient (Wildman–Crippen LogP) is 7.10. The summed E-state index contributed by atoms with van der Waals surface area (Å²) in [4.78, 5) is 32.5. The molecule has 37 heavy (non-hydrogen) atoms. The molecule has 0 unspecified atom stereocenters. The van der Waals surface area contributed by atoms with Crippen LogP contribution < -0.4 is 10.4 Å². The standard InChI is InChI=1S/C32H26N2O2S/c1-22(2)27-15-9-10-16-28(27)34-30(35)21-29(25-13-7-4-8-14-25)37-32(34)33-31(36)26-19-17-24(18-20-26)23-11-5-3-6-12-23/h3-22H,1-2H3. The van der Waals surface area contributed by atoms with Crippen molar-refractivity contribution < 1.29 is 4.79 Å². The summed E-state index contributed by atoms with van der Waals surface area (Å²) in [6.45, 7) is 4.17. The molecule has 1 amide bonds. The van der Waals surface area contributed by atoms with E-state index in [1.165, 1.54) is 11.3 Å².